The fraction of sp³-hybridized carbons (Fsp3) is 0.576. The molecule has 46 heavy (non-hydrogen) atoms. The molecule has 4 fully saturated rings. The molecule has 1 unspecified atom stereocenters. The lowest BCUT2D eigenvalue weighted by Crippen LogP contribution is -2.57. The second-order valence-electron chi connectivity index (χ2n) is 14.0. The second kappa shape index (κ2) is 11.0. The molecule has 244 valence electrons. The van der Waals surface area contributed by atoms with Gasteiger partial charge in [0.1, 0.15) is 35.6 Å². The number of phenols is 1. The standard InChI is InChI=1S/C33H37ClF2N6O4/c1-32-5-2-7-41(16-32)29-23-14-37-27(22-11-20(43)12-24(34)25(22)21-10-18(21)4-9-45-31(44)40-32)26(36)28(23)38-30(39-29)46-17-33-6-3-8-42(33)15-19(35)13-33/h11-12,14,18-19,21,43H,2-10,13,15-17H2,1H3,(H,40,44)/t18?,19-,21-,32-,33+/m1/s1. The summed E-state index contributed by atoms with van der Waals surface area (Å²) in [5.41, 5.74) is 0.0908. The van der Waals surface area contributed by atoms with Crippen molar-refractivity contribution in [2.24, 2.45) is 5.92 Å². The molecule has 1 amide bonds. The molecule has 0 radical (unpaired) electrons. The smallest absolute Gasteiger partial charge is 0.407 e. The molecule has 6 aliphatic rings. The van der Waals surface area contributed by atoms with Gasteiger partial charge < -0.3 is 24.8 Å². The van der Waals surface area contributed by atoms with E-state index in [0.717, 1.165) is 38.6 Å². The average Bonchev–Trinajstić information content (AvgIpc) is 3.53. The van der Waals surface area contributed by atoms with Gasteiger partial charge in [-0.25, -0.2) is 13.6 Å². The van der Waals surface area contributed by atoms with Gasteiger partial charge in [0.15, 0.2) is 5.82 Å². The van der Waals surface area contributed by atoms with E-state index in [2.05, 4.69) is 20.2 Å². The molecule has 7 heterocycles. The number of piperidine rings is 1. The molecule has 5 atom stereocenters. The van der Waals surface area contributed by atoms with E-state index in [1.54, 1.807) is 6.20 Å². The maximum atomic E-state index is 16.9. The van der Waals surface area contributed by atoms with Crippen LogP contribution in [0.2, 0.25) is 5.02 Å². The first-order chi connectivity index (χ1) is 22.1. The summed E-state index contributed by atoms with van der Waals surface area (Å²) in [6.45, 7) is 4.61. The highest BCUT2D eigenvalue weighted by molar-refractivity contribution is 6.32. The first-order valence-electron chi connectivity index (χ1n) is 16.2. The van der Waals surface area contributed by atoms with Crippen molar-refractivity contribution < 1.29 is 28.2 Å². The molecule has 9 rings (SSSR count). The number of carbonyl (C=O) groups excluding carboxylic acids is 1. The topological polar surface area (TPSA) is 113 Å². The van der Waals surface area contributed by atoms with Crippen LogP contribution in [0.15, 0.2) is 18.3 Å². The van der Waals surface area contributed by atoms with E-state index in [4.69, 9.17) is 26.1 Å². The average molecular weight is 655 g/mol. The van der Waals surface area contributed by atoms with Gasteiger partial charge in [0.2, 0.25) is 0 Å². The van der Waals surface area contributed by atoms with Crippen molar-refractivity contribution >= 4 is 34.4 Å². The molecular formula is C33H37ClF2N6O4. The number of rotatable bonds is 3. The predicted molar refractivity (Wildman–Crippen MR) is 168 cm³/mol. The Bertz CT molecular complexity index is 1730. The summed E-state index contributed by atoms with van der Waals surface area (Å²) < 4.78 is 43.2. The van der Waals surface area contributed by atoms with Gasteiger partial charge in [0, 0.05) is 42.8 Å². The van der Waals surface area contributed by atoms with Gasteiger partial charge in [-0.3, -0.25) is 9.88 Å². The van der Waals surface area contributed by atoms with Crippen LogP contribution in [0.4, 0.5) is 19.4 Å². The van der Waals surface area contributed by atoms with Crippen LogP contribution >= 0.6 is 11.6 Å². The van der Waals surface area contributed by atoms with Crippen molar-refractivity contribution in [1.82, 2.24) is 25.2 Å². The van der Waals surface area contributed by atoms with Crippen molar-refractivity contribution in [3.05, 3.63) is 34.7 Å². The number of hydrogen-bond donors (Lipinski definition) is 2. The van der Waals surface area contributed by atoms with E-state index in [0.29, 0.717) is 59.8 Å². The van der Waals surface area contributed by atoms with Gasteiger partial charge >= 0.3 is 12.1 Å². The largest absolute Gasteiger partial charge is 0.508 e. The van der Waals surface area contributed by atoms with Gasteiger partial charge in [-0.1, -0.05) is 11.6 Å². The van der Waals surface area contributed by atoms with E-state index in [9.17, 15) is 14.3 Å². The summed E-state index contributed by atoms with van der Waals surface area (Å²) in [6.07, 6.45) is 5.20. The van der Waals surface area contributed by atoms with E-state index in [-0.39, 0.29) is 48.0 Å². The molecule has 3 aromatic rings. The van der Waals surface area contributed by atoms with Gasteiger partial charge in [-0.05, 0) is 81.5 Å². The molecule has 1 aliphatic carbocycles. The zero-order chi connectivity index (χ0) is 31.8. The van der Waals surface area contributed by atoms with E-state index in [1.807, 2.05) is 11.8 Å². The normalized spacial score (nSPS) is 30.8. The number of carbonyl (C=O) groups is 1. The van der Waals surface area contributed by atoms with Gasteiger partial charge in [0.25, 0.3) is 0 Å². The summed E-state index contributed by atoms with van der Waals surface area (Å²) in [4.78, 5) is 31.1. The Labute approximate surface area is 270 Å². The number of anilines is 1. The zero-order valence-electron chi connectivity index (χ0n) is 25.7. The minimum atomic E-state index is -0.918. The van der Waals surface area contributed by atoms with Gasteiger partial charge in [-0.15, -0.1) is 0 Å². The number of aromatic hydroxyl groups is 1. The Morgan fingerprint density at radius 2 is 2.09 bits per heavy atom. The highest BCUT2D eigenvalue weighted by atomic mass is 35.5. The Kier molecular flexibility index (Phi) is 7.17. The molecule has 3 saturated heterocycles. The molecule has 5 aliphatic heterocycles. The summed E-state index contributed by atoms with van der Waals surface area (Å²) in [5.74, 6) is -0.162. The second-order valence-corrected chi connectivity index (χ2v) is 14.4. The van der Waals surface area contributed by atoms with Crippen LogP contribution in [0, 0.1) is 11.7 Å². The van der Waals surface area contributed by atoms with Gasteiger partial charge in [-0.2, -0.15) is 9.97 Å². The highest BCUT2D eigenvalue weighted by Crippen LogP contribution is 2.55. The molecule has 1 aromatic carbocycles. The molecule has 2 N–H and O–H groups in total. The maximum Gasteiger partial charge on any atom is 0.407 e. The number of hydrogen-bond acceptors (Lipinski definition) is 9. The SMILES string of the molecule is C[C@@]12CCCN(C1)c1nc(OC[C@@]34CCCN3C[C@H](F)C4)nc3c(F)c(ncc13)-c1cc(O)cc(Cl)c1[C@@H]1CC1CCOC(=O)N2. The molecule has 6 bridgehead atoms. The minimum absolute atomic E-state index is 0.00364. The van der Waals surface area contributed by atoms with Crippen molar-refractivity contribution in [3.63, 3.8) is 0 Å². The van der Waals surface area contributed by atoms with E-state index < -0.39 is 29.2 Å². The number of alkyl carbamates (subject to hydrolysis) is 1. The third-order valence-corrected chi connectivity index (χ3v) is 11.0. The van der Waals surface area contributed by atoms with Crippen molar-refractivity contribution in [3.8, 4) is 23.0 Å². The van der Waals surface area contributed by atoms with Crippen LogP contribution < -0.4 is 15.0 Å². The first kappa shape index (κ1) is 29.9. The van der Waals surface area contributed by atoms with Gasteiger partial charge in [0.05, 0.1) is 23.1 Å². The van der Waals surface area contributed by atoms with Crippen LogP contribution in [-0.2, 0) is 4.74 Å². The Morgan fingerprint density at radius 1 is 1.24 bits per heavy atom. The Morgan fingerprint density at radius 3 is 2.96 bits per heavy atom. The van der Waals surface area contributed by atoms with Crippen LogP contribution in [0.25, 0.3) is 22.2 Å². The summed E-state index contributed by atoms with van der Waals surface area (Å²) in [7, 11) is 0. The van der Waals surface area contributed by atoms with Crippen LogP contribution in [0.5, 0.6) is 11.8 Å². The minimum Gasteiger partial charge on any atom is -0.508 e. The number of benzene rings is 1. The fourth-order valence-electron chi connectivity index (χ4n) is 8.37. The lowest BCUT2D eigenvalue weighted by molar-refractivity contribution is 0.107. The Hall–Kier alpha value is -3.51. The number of amides is 1. The number of pyridine rings is 1. The third-order valence-electron chi connectivity index (χ3n) is 10.7. The third kappa shape index (κ3) is 5.17. The molecule has 0 spiro atoms. The summed E-state index contributed by atoms with van der Waals surface area (Å²) in [5, 5.41) is 14.3. The quantitative estimate of drug-likeness (QED) is 0.365. The fourth-order valence-corrected chi connectivity index (χ4v) is 8.72. The van der Waals surface area contributed by atoms with Crippen molar-refractivity contribution in [2.45, 2.75) is 75.0 Å². The predicted octanol–water partition coefficient (Wildman–Crippen LogP) is 5.74. The van der Waals surface area contributed by atoms with Crippen LogP contribution in [0.3, 0.4) is 0 Å². The number of aromatic nitrogens is 3. The molecule has 10 nitrogen and oxygen atoms in total. The number of nitrogens with one attached hydrogen (secondary N) is 1. The number of phenolic OH excluding ortho intramolecular Hbond substituents is 1. The molecular weight excluding hydrogens is 618 g/mol. The Balaban J connectivity index is 1.27. The first-order valence-corrected chi connectivity index (χ1v) is 16.6. The van der Waals surface area contributed by atoms with Crippen molar-refractivity contribution in [2.75, 3.05) is 44.3 Å². The van der Waals surface area contributed by atoms with Crippen LogP contribution in [0.1, 0.15) is 63.4 Å². The highest BCUT2D eigenvalue weighted by Gasteiger charge is 2.49. The van der Waals surface area contributed by atoms with E-state index >= 15 is 4.39 Å². The number of nitrogens with zero attached hydrogens (tertiary/aromatic N) is 5. The maximum absolute atomic E-state index is 16.9. The summed E-state index contributed by atoms with van der Waals surface area (Å²) >= 11 is 6.69. The molecule has 2 aromatic heterocycles. The molecule has 13 heteroatoms. The summed E-state index contributed by atoms with van der Waals surface area (Å²) in [6, 6.07) is 2.94. The van der Waals surface area contributed by atoms with E-state index in [1.165, 1.54) is 12.1 Å². The number of halogens is 3. The number of alkyl halides is 1. The lowest BCUT2D eigenvalue weighted by atomic mass is 9.91. The van der Waals surface area contributed by atoms with Crippen LogP contribution in [-0.4, -0.2) is 87.7 Å². The number of ether oxygens (including phenoxy) is 2. The number of fused-ring (bicyclic) bond motifs is 6. The lowest BCUT2D eigenvalue weighted by Gasteiger charge is -2.41. The zero-order valence-corrected chi connectivity index (χ0v) is 26.5. The van der Waals surface area contributed by atoms with Crippen molar-refractivity contribution in [1.29, 1.82) is 0 Å². The monoisotopic (exact) mass is 654 g/mol. The molecule has 1 saturated carbocycles.